The predicted octanol–water partition coefficient (Wildman–Crippen LogP) is 2.49. The van der Waals surface area contributed by atoms with Gasteiger partial charge in [-0.25, -0.2) is 0 Å². The van der Waals surface area contributed by atoms with Crippen molar-refractivity contribution in [3.05, 3.63) is 21.3 Å². The van der Waals surface area contributed by atoms with Crippen LogP contribution in [-0.2, 0) is 0 Å². The van der Waals surface area contributed by atoms with Crippen LogP contribution in [0.3, 0.4) is 0 Å². The fourth-order valence-electron chi connectivity index (χ4n) is 1.99. The molecule has 3 nitrogen and oxygen atoms in total. The minimum atomic E-state index is 0.0659. The maximum atomic E-state index is 9.12. The highest BCUT2D eigenvalue weighted by atomic mass is 35.5. The van der Waals surface area contributed by atoms with Gasteiger partial charge in [0.25, 0.3) is 0 Å². The summed E-state index contributed by atoms with van der Waals surface area (Å²) < 4.78 is 0.786. The van der Waals surface area contributed by atoms with Crippen LogP contribution in [0.4, 0.5) is 0 Å². The first-order valence-corrected chi connectivity index (χ1v) is 7.19. The Morgan fingerprint density at radius 1 is 1.47 bits per heavy atom. The normalized spacial score (nSPS) is 15.2. The van der Waals surface area contributed by atoms with Crippen LogP contribution in [0.2, 0.25) is 4.34 Å². The number of thiophene rings is 1. The van der Waals surface area contributed by atoms with Crippen LogP contribution in [0.1, 0.15) is 31.2 Å². The third-order valence-corrected chi connectivity index (χ3v) is 4.25. The second-order valence-corrected chi connectivity index (χ2v) is 5.76. The first-order chi connectivity index (χ1) is 8.13. The van der Waals surface area contributed by atoms with Gasteiger partial charge in [0.2, 0.25) is 0 Å². The van der Waals surface area contributed by atoms with Crippen LogP contribution in [-0.4, -0.2) is 35.7 Å². The predicted molar refractivity (Wildman–Crippen MR) is 74.7 cm³/mol. The maximum Gasteiger partial charge on any atom is 0.0931 e. The summed E-state index contributed by atoms with van der Waals surface area (Å²) in [6.07, 6.45) is 0.905. The summed E-state index contributed by atoms with van der Waals surface area (Å²) in [5.74, 6) is 0. The van der Waals surface area contributed by atoms with E-state index in [0.29, 0.717) is 6.54 Å². The number of likely N-dealkylation sites (N-methyl/N-ethyl adjacent to an activating group) is 1. The van der Waals surface area contributed by atoms with Crippen LogP contribution < -0.4 is 5.73 Å². The minimum absolute atomic E-state index is 0.0659. The topological polar surface area (TPSA) is 49.5 Å². The molecule has 0 saturated heterocycles. The van der Waals surface area contributed by atoms with Crippen molar-refractivity contribution in [1.82, 2.24) is 4.90 Å². The molecule has 1 aromatic rings. The molecule has 0 saturated carbocycles. The van der Waals surface area contributed by atoms with Gasteiger partial charge in [-0.15, -0.1) is 11.3 Å². The smallest absolute Gasteiger partial charge is 0.0931 e. The molecule has 0 aliphatic carbocycles. The fraction of sp³-hybridized carbons (Fsp3) is 0.667. The lowest BCUT2D eigenvalue weighted by atomic mass is 10.0. The molecule has 3 N–H and O–H groups in total. The quantitative estimate of drug-likeness (QED) is 0.804. The largest absolute Gasteiger partial charge is 0.395 e. The summed E-state index contributed by atoms with van der Waals surface area (Å²) in [5, 5.41) is 9.12. The van der Waals surface area contributed by atoms with Crippen LogP contribution in [0.25, 0.3) is 0 Å². The molecule has 17 heavy (non-hydrogen) atoms. The molecule has 0 amide bonds. The zero-order chi connectivity index (χ0) is 12.8. The average Bonchev–Trinajstić information content (AvgIpc) is 2.74. The van der Waals surface area contributed by atoms with Gasteiger partial charge in [-0.1, -0.05) is 25.4 Å². The minimum Gasteiger partial charge on any atom is -0.395 e. The van der Waals surface area contributed by atoms with Crippen LogP contribution >= 0.6 is 22.9 Å². The Balaban J connectivity index is 2.93. The zero-order valence-electron chi connectivity index (χ0n) is 10.4. The molecule has 2 unspecified atom stereocenters. The third-order valence-electron chi connectivity index (χ3n) is 2.95. The van der Waals surface area contributed by atoms with Crippen LogP contribution in [0.15, 0.2) is 12.1 Å². The molecule has 1 rings (SSSR count). The van der Waals surface area contributed by atoms with Crippen LogP contribution in [0, 0.1) is 0 Å². The monoisotopic (exact) mass is 276 g/mol. The van der Waals surface area contributed by atoms with Gasteiger partial charge < -0.3 is 10.8 Å². The Bertz CT molecular complexity index is 332. The van der Waals surface area contributed by atoms with Crippen molar-refractivity contribution in [2.45, 2.75) is 32.4 Å². The van der Waals surface area contributed by atoms with Crippen molar-refractivity contribution < 1.29 is 5.11 Å². The number of halogens is 1. The van der Waals surface area contributed by atoms with Gasteiger partial charge in [0.05, 0.1) is 17.0 Å². The second kappa shape index (κ2) is 7.34. The lowest BCUT2D eigenvalue weighted by Crippen LogP contribution is -2.41. The molecule has 0 spiro atoms. The van der Waals surface area contributed by atoms with E-state index in [-0.39, 0.29) is 18.7 Å². The molecular formula is C12H21ClN2OS. The molecule has 0 radical (unpaired) electrons. The number of hydrogen-bond acceptors (Lipinski definition) is 4. The van der Waals surface area contributed by atoms with Gasteiger partial charge in [-0.3, -0.25) is 4.90 Å². The standard InChI is InChI=1S/C12H21ClN2OS/c1-3-9(14)12(15(4-2)7-8-16)10-5-6-11(13)17-10/h5-6,9,12,16H,3-4,7-8,14H2,1-2H3. The fourth-order valence-corrected chi connectivity index (χ4v) is 3.27. The van der Waals surface area contributed by atoms with Crippen molar-refractivity contribution in [1.29, 1.82) is 0 Å². The number of nitrogens with two attached hydrogens (primary N) is 1. The van der Waals surface area contributed by atoms with E-state index in [1.54, 1.807) is 11.3 Å². The highest BCUT2D eigenvalue weighted by Crippen LogP contribution is 2.32. The Labute approximate surface area is 112 Å². The van der Waals surface area contributed by atoms with Gasteiger partial charge in [-0.05, 0) is 25.1 Å². The lowest BCUT2D eigenvalue weighted by molar-refractivity contribution is 0.140. The highest BCUT2D eigenvalue weighted by Gasteiger charge is 2.25. The van der Waals surface area contributed by atoms with Crippen molar-refractivity contribution in [2.24, 2.45) is 5.73 Å². The van der Waals surface area contributed by atoms with Crippen LogP contribution in [0.5, 0.6) is 0 Å². The summed E-state index contributed by atoms with van der Waals surface area (Å²) in [4.78, 5) is 3.38. The first-order valence-electron chi connectivity index (χ1n) is 5.99. The Kier molecular flexibility index (Phi) is 6.44. The third kappa shape index (κ3) is 3.93. The first kappa shape index (κ1) is 14.9. The molecule has 0 aliphatic heterocycles. The van der Waals surface area contributed by atoms with Gasteiger partial charge >= 0.3 is 0 Å². The molecule has 0 fully saturated rings. The number of aliphatic hydroxyl groups is 1. The molecule has 5 heteroatoms. The summed E-state index contributed by atoms with van der Waals surface area (Å²) in [5.41, 5.74) is 6.21. The van der Waals surface area contributed by atoms with Gasteiger partial charge in [-0.2, -0.15) is 0 Å². The Morgan fingerprint density at radius 2 is 2.18 bits per heavy atom. The Morgan fingerprint density at radius 3 is 2.59 bits per heavy atom. The summed E-state index contributed by atoms with van der Waals surface area (Å²) in [6, 6.07) is 4.16. The van der Waals surface area contributed by atoms with E-state index < -0.39 is 0 Å². The van der Waals surface area contributed by atoms with Crippen molar-refractivity contribution in [3.8, 4) is 0 Å². The number of aliphatic hydroxyl groups excluding tert-OH is 1. The van der Waals surface area contributed by atoms with Crippen molar-refractivity contribution in [2.75, 3.05) is 19.7 Å². The van der Waals surface area contributed by atoms with Gasteiger partial charge in [0.1, 0.15) is 0 Å². The Hall–Kier alpha value is -0.130. The molecule has 0 bridgehead atoms. The SMILES string of the molecule is CCC(N)C(c1ccc(Cl)s1)N(CC)CCO. The number of nitrogens with zero attached hydrogens (tertiary/aromatic N) is 1. The highest BCUT2D eigenvalue weighted by molar-refractivity contribution is 7.16. The maximum absolute atomic E-state index is 9.12. The molecule has 0 aliphatic rings. The number of rotatable bonds is 7. The summed E-state index contributed by atoms with van der Waals surface area (Å²) in [6.45, 7) is 5.83. The lowest BCUT2D eigenvalue weighted by Gasteiger charge is -2.33. The van der Waals surface area contributed by atoms with Crippen molar-refractivity contribution in [3.63, 3.8) is 0 Å². The molecule has 1 aromatic heterocycles. The summed E-state index contributed by atoms with van der Waals surface area (Å²) in [7, 11) is 0. The van der Waals surface area contributed by atoms with E-state index in [1.807, 2.05) is 12.1 Å². The molecule has 2 atom stereocenters. The van der Waals surface area contributed by atoms with E-state index in [2.05, 4.69) is 18.7 Å². The molecular weight excluding hydrogens is 256 g/mol. The van der Waals surface area contributed by atoms with E-state index in [9.17, 15) is 0 Å². The van der Waals surface area contributed by atoms with Crippen molar-refractivity contribution >= 4 is 22.9 Å². The zero-order valence-corrected chi connectivity index (χ0v) is 12.0. The summed E-state index contributed by atoms with van der Waals surface area (Å²) >= 11 is 7.56. The second-order valence-electron chi connectivity index (χ2n) is 4.01. The van der Waals surface area contributed by atoms with E-state index in [4.69, 9.17) is 22.4 Å². The molecule has 0 aromatic carbocycles. The molecule has 1 heterocycles. The van der Waals surface area contributed by atoms with E-state index >= 15 is 0 Å². The van der Waals surface area contributed by atoms with E-state index in [1.165, 1.54) is 4.88 Å². The van der Waals surface area contributed by atoms with Gasteiger partial charge in [0, 0.05) is 17.5 Å². The molecule has 98 valence electrons. The van der Waals surface area contributed by atoms with E-state index in [0.717, 1.165) is 17.3 Å². The number of hydrogen-bond donors (Lipinski definition) is 2. The van der Waals surface area contributed by atoms with Gasteiger partial charge in [0.15, 0.2) is 0 Å². The average molecular weight is 277 g/mol.